The van der Waals surface area contributed by atoms with E-state index in [0.29, 0.717) is 0 Å². The fourth-order valence-electron chi connectivity index (χ4n) is 2.76. The highest BCUT2D eigenvalue weighted by molar-refractivity contribution is 5.32. The first-order valence-corrected chi connectivity index (χ1v) is 6.75. The van der Waals surface area contributed by atoms with Crippen molar-refractivity contribution < 1.29 is 9.47 Å². The fourth-order valence-corrected chi connectivity index (χ4v) is 2.76. The van der Waals surface area contributed by atoms with Gasteiger partial charge in [-0.15, -0.1) is 0 Å². The van der Waals surface area contributed by atoms with Crippen LogP contribution in [0.5, 0.6) is 0 Å². The van der Waals surface area contributed by atoms with Crippen LogP contribution in [-0.2, 0) is 27.7 Å². The normalized spacial score (nSPS) is 22.2. The van der Waals surface area contributed by atoms with E-state index >= 15 is 0 Å². The third-order valence-electron chi connectivity index (χ3n) is 3.94. The van der Waals surface area contributed by atoms with Gasteiger partial charge in [0.15, 0.2) is 5.79 Å². The summed E-state index contributed by atoms with van der Waals surface area (Å²) < 4.78 is 11.6. The Kier molecular flexibility index (Phi) is 2.72. The second kappa shape index (κ2) is 4.04. The number of aromatic nitrogens is 1. The van der Waals surface area contributed by atoms with Crippen LogP contribution in [0.3, 0.4) is 0 Å². The molecule has 0 atom stereocenters. The minimum Gasteiger partial charge on any atom is -0.347 e. The van der Waals surface area contributed by atoms with Crippen LogP contribution in [0, 0.1) is 0 Å². The molecule has 0 radical (unpaired) electrons. The van der Waals surface area contributed by atoms with Gasteiger partial charge in [0.25, 0.3) is 0 Å². The molecule has 18 heavy (non-hydrogen) atoms. The van der Waals surface area contributed by atoms with Crippen molar-refractivity contribution in [2.45, 2.75) is 51.2 Å². The molecule has 0 unspecified atom stereocenters. The van der Waals surface area contributed by atoms with Crippen molar-refractivity contribution in [3.63, 3.8) is 0 Å². The van der Waals surface area contributed by atoms with E-state index < -0.39 is 0 Å². The molecule has 0 aromatic carbocycles. The highest BCUT2D eigenvalue weighted by atomic mass is 16.7. The molecule has 1 spiro atoms. The standard InChI is InChI=1S/C15H21NO2/c1-14(2,3)12-8-11-9-15(17-6-7-18-15)5-4-13(11)16-10-12/h8,10H,4-7,9H2,1-3H3. The van der Waals surface area contributed by atoms with Crippen LogP contribution >= 0.6 is 0 Å². The molecule has 3 heteroatoms. The minimum atomic E-state index is -0.356. The maximum Gasteiger partial charge on any atom is 0.172 e. The number of nitrogens with zero attached hydrogens (tertiary/aromatic N) is 1. The van der Waals surface area contributed by atoms with Gasteiger partial charge in [0.1, 0.15) is 0 Å². The summed E-state index contributed by atoms with van der Waals surface area (Å²) in [5.74, 6) is -0.356. The number of rotatable bonds is 0. The van der Waals surface area contributed by atoms with Gasteiger partial charge in [-0.2, -0.15) is 0 Å². The topological polar surface area (TPSA) is 31.4 Å². The Labute approximate surface area is 109 Å². The summed E-state index contributed by atoms with van der Waals surface area (Å²) in [7, 11) is 0. The number of hydrogen-bond acceptors (Lipinski definition) is 3. The fraction of sp³-hybridized carbons (Fsp3) is 0.667. The molecule has 98 valence electrons. The maximum atomic E-state index is 5.81. The van der Waals surface area contributed by atoms with E-state index in [1.165, 1.54) is 16.8 Å². The molecule has 0 bridgehead atoms. The molecular formula is C15H21NO2. The Morgan fingerprint density at radius 2 is 1.94 bits per heavy atom. The van der Waals surface area contributed by atoms with Crippen molar-refractivity contribution in [1.29, 1.82) is 0 Å². The van der Waals surface area contributed by atoms with Gasteiger partial charge in [0.2, 0.25) is 0 Å². The van der Waals surface area contributed by atoms with Crippen molar-refractivity contribution in [2.75, 3.05) is 13.2 Å². The van der Waals surface area contributed by atoms with E-state index in [1.807, 2.05) is 6.20 Å². The zero-order valence-electron chi connectivity index (χ0n) is 11.5. The quantitative estimate of drug-likeness (QED) is 0.706. The number of ether oxygens (including phenoxy) is 2. The molecule has 3 rings (SSSR count). The monoisotopic (exact) mass is 247 g/mol. The number of aryl methyl sites for hydroxylation is 1. The van der Waals surface area contributed by atoms with Gasteiger partial charge in [-0.25, -0.2) is 0 Å². The summed E-state index contributed by atoms with van der Waals surface area (Å²) in [6, 6.07) is 2.29. The van der Waals surface area contributed by atoms with Gasteiger partial charge < -0.3 is 9.47 Å². The first kappa shape index (κ1) is 12.1. The first-order chi connectivity index (χ1) is 8.49. The van der Waals surface area contributed by atoms with E-state index in [-0.39, 0.29) is 11.2 Å². The summed E-state index contributed by atoms with van der Waals surface area (Å²) >= 11 is 0. The second-order valence-electron chi connectivity index (χ2n) is 6.36. The van der Waals surface area contributed by atoms with E-state index in [0.717, 1.165) is 32.5 Å². The van der Waals surface area contributed by atoms with Gasteiger partial charge in [0.05, 0.1) is 13.2 Å². The third kappa shape index (κ3) is 2.06. The molecule has 1 fully saturated rings. The summed E-state index contributed by atoms with van der Waals surface area (Å²) in [6.45, 7) is 8.11. The summed E-state index contributed by atoms with van der Waals surface area (Å²) in [4.78, 5) is 4.63. The predicted molar refractivity (Wildman–Crippen MR) is 69.6 cm³/mol. The molecule has 1 aromatic rings. The number of hydrogen-bond donors (Lipinski definition) is 0. The smallest absolute Gasteiger partial charge is 0.172 e. The average Bonchev–Trinajstić information content (AvgIpc) is 2.75. The van der Waals surface area contributed by atoms with E-state index in [9.17, 15) is 0 Å². The molecule has 3 nitrogen and oxygen atoms in total. The Morgan fingerprint density at radius 3 is 2.61 bits per heavy atom. The van der Waals surface area contributed by atoms with Gasteiger partial charge in [-0.05, 0) is 23.0 Å². The van der Waals surface area contributed by atoms with Crippen LogP contribution < -0.4 is 0 Å². The Hall–Kier alpha value is -0.930. The van der Waals surface area contributed by atoms with Crippen LogP contribution in [0.4, 0.5) is 0 Å². The lowest BCUT2D eigenvalue weighted by molar-refractivity contribution is -0.164. The summed E-state index contributed by atoms with van der Waals surface area (Å²) in [6.07, 6.45) is 4.76. The lowest BCUT2D eigenvalue weighted by atomic mass is 9.84. The predicted octanol–water partition coefficient (Wildman–Crippen LogP) is 2.61. The number of fused-ring (bicyclic) bond motifs is 1. The van der Waals surface area contributed by atoms with Crippen molar-refractivity contribution in [1.82, 2.24) is 4.98 Å². The van der Waals surface area contributed by atoms with Crippen LogP contribution in [0.25, 0.3) is 0 Å². The highest BCUT2D eigenvalue weighted by Crippen LogP contribution is 2.36. The van der Waals surface area contributed by atoms with E-state index in [1.54, 1.807) is 0 Å². The molecule has 1 saturated heterocycles. The molecule has 1 aromatic heterocycles. The second-order valence-corrected chi connectivity index (χ2v) is 6.36. The van der Waals surface area contributed by atoms with Crippen molar-refractivity contribution in [3.05, 3.63) is 29.1 Å². The minimum absolute atomic E-state index is 0.143. The molecule has 1 aliphatic carbocycles. The van der Waals surface area contributed by atoms with Gasteiger partial charge in [-0.3, -0.25) is 4.98 Å². The molecule has 0 N–H and O–H groups in total. The molecule has 1 aliphatic heterocycles. The number of pyridine rings is 1. The summed E-state index contributed by atoms with van der Waals surface area (Å²) in [5, 5.41) is 0. The molecule has 0 saturated carbocycles. The SMILES string of the molecule is CC(C)(C)c1cnc2c(c1)CC1(CC2)OCCO1. The van der Waals surface area contributed by atoms with Crippen molar-refractivity contribution in [3.8, 4) is 0 Å². The van der Waals surface area contributed by atoms with Crippen LogP contribution in [-0.4, -0.2) is 24.0 Å². The molecule has 0 amide bonds. The maximum absolute atomic E-state index is 5.81. The molecule has 2 aliphatic rings. The lowest BCUT2D eigenvalue weighted by Crippen LogP contribution is -2.37. The highest BCUT2D eigenvalue weighted by Gasteiger charge is 2.40. The third-order valence-corrected chi connectivity index (χ3v) is 3.94. The van der Waals surface area contributed by atoms with E-state index in [2.05, 4.69) is 31.8 Å². The van der Waals surface area contributed by atoms with Crippen LogP contribution in [0.1, 0.15) is 44.0 Å². The van der Waals surface area contributed by atoms with Crippen molar-refractivity contribution in [2.24, 2.45) is 0 Å². The van der Waals surface area contributed by atoms with Crippen LogP contribution in [0.2, 0.25) is 0 Å². The molecular weight excluding hydrogens is 226 g/mol. The zero-order chi connectivity index (χ0) is 12.8. The zero-order valence-corrected chi connectivity index (χ0v) is 11.5. The largest absolute Gasteiger partial charge is 0.347 e. The summed E-state index contributed by atoms with van der Waals surface area (Å²) in [5.41, 5.74) is 3.95. The molecule has 2 heterocycles. The Balaban J connectivity index is 1.93. The van der Waals surface area contributed by atoms with Gasteiger partial charge in [-0.1, -0.05) is 26.8 Å². The Morgan fingerprint density at radius 1 is 1.22 bits per heavy atom. The van der Waals surface area contributed by atoms with Gasteiger partial charge >= 0.3 is 0 Å². The lowest BCUT2D eigenvalue weighted by Gasteiger charge is -2.33. The van der Waals surface area contributed by atoms with Crippen LogP contribution in [0.15, 0.2) is 12.3 Å². The van der Waals surface area contributed by atoms with Crippen molar-refractivity contribution >= 4 is 0 Å². The van der Waals surface area contributed by atoms with Gasteiger partial charge in [0, 0.05) is 24.7 Å². The van der Waals surface area contributed by atoms with E-state index in [4.69, 9.17) is 9.47 Å². The average molecular weight is 247 g/mol. The Bertz CT molecular complexity index is 456. The first-order valence-electron chi connectivity index (χ1n) is 6.75.